The van der Waals surface area contributed by atoms with Gasteiger partial charge in [-0.25, -0.2) is 8.42 Å². The molecular formula is C24H22N2O5S. The summed E-state index contributed by atoms with van der Waals surface area (Å²) in [4.78, 5) is 13.1. The molecule has 1 aliphatic rings. The number of carbonyl (C=O) groups is 1. The number of sulfonamides is 1. The Morgan fingerprint density at radius 1 is 0.938 bits per heavy atom. The van der Waals surface area contributed by atoms with E-state index in [1.54, 1.807) is 25.1 Å². The minimum absolute atomic E-state index is 0.142. The Morgan fingerprint density at radius 3 is 2.50 bits per heavy atom. The summed E-state index contributed by atoms with van der Waals surface area (Å²) in [6, 6.07) is 17.9. The number of para-hydroxylation sites is 1. The second-order valence-electron chi connectivity index (χ2n) is 7.76. The van der Waals surface area contributed by atoms with Gasteiger partial charge in [0.05, 0.1) is 18.1 Å². The first-order valence-corrected chi connectivity index (χ1v) is 11.8. The molecule has 0 radical (unpaired) electrons. The molecule has 8 heteroatoms. The van der Waals surface area contributed by atoms with Crippen LogP contribution in [0.5, 0.6) is 0 Å². The number of hydrogen-bond acceptors (Lipinski definition) is 5. The van der Waals surface area contributed by atoms with Crippen molar-refractivity contribution in [1.82, 2.24) is 4.31 Å². The van der Waals surface area contributed by atoms with Gasteiger partial charge in [-0.2, -0.15) is 4.31 Å². The van der Waals surface area contributed by atoms with Gasteiger partial charge in [-0.3, -0.25) is 4.79 Å². The van der Waals surface area contributed by atoms with Gasteiger partial charge >= 0.3 is 0 Å². The highest BCUT2D eigenvalue weighted by Gasteiger charge is 2.28. The van der Waals surface area contributed by atoms with Crippen LogP contribution in [0.2, 0.25) is 0 Å². The Kier molecular flexibility index (Phi) is 5.21. The van der Waals surface area contributed by atoms with Crippen LogP contribution in [0, 0.1) is 6.92 Å². The van der Waals surface area contributed by atoms with Crippen molar-refractivity contribution in [2.75, 3.05) is 31.6 Å². The largest absolute Gasteiger partial charge is 0.456 e. The second kappa shape index (κ2) is 8.05. The number of nitrogens with zero attached hydrogens (tertiary/aromatic N) is 1. The molecule has 4 aromatic rings. The topological polar surface area (TPSA) is 88.8 Å². The molecule has 1 saturated heterocycles. The number of morpholine rings is 1. The minimum atomic E-state index is -3.71. The lowest BCUT2D eigenvalue weighted by Crippen LogP contribution is -2.40. The maximum atomic E-state index is 13.1. The zero-order chi connectivity index (χ0) is 22.3. The highest BCUT2D eigenvalue weighted by molar-refractivity contribution is 7.89. The SMILES string of the molecule is Cc1ccc(C(=O)Nc2ccc3oc4ccccc4c3c2)cc1S(=O)(=O)N1CCOCC1. The fourth-order valence-electron chi connectivity index (χ4n) is 3.95. The predicted molar refractivity (Wildman–Crippen MR) is 122 cm³/mol. The second-order valence-corrected chi connectivity index (χ2v) is 9.67. The third-order valence-electron chi connectivity index (χ3n) is 5.67. The quantitative estimate of drug-likeness (QED) is 0.504. The van der Waals surface area contributed by atoms with Crippen molar-refractivity contribution in [2.45, 2.75) is 11.8 Å². The molecule has 0 atom stereocenters. The predicted octanol–water partition coefficient (Wildman–Crippen LogP) is 4.17. The summed E-state index contributed by atoms with van der Waals surface area (Å²) in [5.41, 5.74) is 2.99. The Hall–Kier alpha value is -3.20. The number of nitrogens with one attached hydrogen (secondary N) is 1. The Bertz CT molecular complexity index is 1440. The van der Waals surface area contributed by atoms with Gasteiger partial charge in [0, 0.05) is 35.1 Å². The fourth-order valence-corrected chi connectivity index (χ4v) is 5.61. The number of benzene rings is 3. The number of amides is 1. The lowest BCUT2D eigenvalue weighted by molar-refractivity contribution is 0.0730. The molecule has 1 fully saturated rings. The first-order valence-electron chi connectivity index (χ1n) is 10.3. The summed E-state index contributed by atoms with van der Waals surface area (Å²) in [5.74, 6) is -0.379. The molecule has 0 aliphatic carbocycles. The standard InChI is InChI=1S/C24H22N2O5S/c1-16-6-7-17(14-23(16)32(28,29)26-10-12-30-13-11-26)24(27)25-18-8-9-22-20(15-18)19-4-2-3-5-21(19)31-22/h2-9,14-15H,10-13H2,1H3,(H,25,27). The summed E-state index contributed by atoms with van der Waals surface area (Å²) in [7, 11) is -3.71. The van der Waals surface area contributed by atoms with Crippen LogP contribution in [0.1, 0.15) is 15.9 Å². The number of anilines is 1. The van der Waals surface area contributed by atoms with Crippen molar-refractivity contribution in [3.05, 3.63) is 71.8 Å². The Balaban J connectivity index is 1.45. The molecule has 2 heterocycles. The van der Waals surface area contributed by atoms with Crippen molar-refractivity contribution in [2.24, 2.45) is 0 Å². The number of furan rings is 1. The number of ether oxygens (including phenoxy) is 1. The molecule has 1 aromatic heterocycles. The average molecular weight is 451 g/mol. The smallest absolute Gasteiger partial charge is 0.255 e. The number of rotatable bonds is 4. The molecule has 0 spiro atoms. The van der Waals surface area contributed by atoms with E-state index >= 15 is 0 Å². The van der Waals surface area contributed by atoms with Crippen molar-refractivity contribution < 1.29 is 22.4 Å². The van der Waals surface area contributed by atoms with Gasteiger partial charge in [-0.05, 0) is 48.9 Å². The van der Waals surface area contributed by atoms with Crippen LogP contribution in [-0.4, -0.2) is 44.9 Å². The minimum Gasteiger partial charge on any atom is -0.456 e. The third-order valence-corrected chi connectivity index (χ3v) is 7.71. The summed E-state index contributed by atoms with van der Waals surface area (Å²) >= 11 is 0. The van der Waals surface area contributed by atoms with E-state index in [4.69, 9.17) is 9.15 Å². The molecule has 0 unspecified atom stereocenters. The van der Waals surface area contributed by atoms with Crippen LogP contribution in [0.3, 0.4) is 0 Å². The molecule has 32 heavy (non-hydrogen) atoms. The van der Waals surface area contributed by atoms with Gasteiger partial charge in [0.1, 0.15) is 11.2 Å². The molecule has 1 aliphatic heterocycles. The Labute approximate surface area is 185 Å². The third kappa shape index (κ3) is 3.66. The average Bonchev–Trinajstić information content (AvgIpc) is 3.18. The number of carbonyl (C=O) groups excluding carboxylic acids is 1. The van der Waals surface area contributed by atoms with Crippen molar-refractivity contribution in [1.29, 1.82) is 0 Å². The number of fused-ring (bicyclic) bond motifs is 3. The van der Waals surface area contributed by atoms with Gasteiger partial charge in [0.25, 0.3) is 5.91 Å². The van der Waals surface area contributed by atoms with E-state index in [9.17, 15) is 13.2 Å². The molecule has 1 amide bonds. The molecule has 5 rings (SSSR count). The molecule has 0 saturated carbocycles. The molecule has 0 bridgehead atoms. The molecule has 3 aromatic carbocycles. The van der Waals surface area contributed by atoms with Crippen LogP contribution in [0.15, 0.2) is 70.0 Å². The van der Waals surface area contributed by atoms with E-state index in [1.807, 2.05) is 36.4 Å². The number of aryl methyl sites for hydroxylation is 1. The van der Waals surface area contributed by atoms with Crippen molar-refractivity contribution in [3.8, 4) is 0 Å². The van der Waals surface area contributed by atoms with Gasteiger partial charge in [0.2, 0.25) is 10.0 Å². The fraction of sp³-hybridized carbons (Fsp3) is 0.208. The van der Waals surface area contributed by atoms with Crippen molar-refractivity contribution >= 4 is 43.6 Å². The van der Waals surface area contributed by atoms with Gasteiger partial charge in [-0.1, -0.05) is 24.3 Å². The molecule has 164 valence electrons. The first-order chi connectivity index (χ1) is 15.4. The van der Waals surface area contributed by atoms with Crippen LogP contribution in [0.4, 0.5) is 5.69 Å². The normalized spacial score (nSPS) is 15.3. The Morgan fingerprint density at radius 2 is 1.69 bits per heavy atom. The summed E-state index contributed by atoms with van der Waals surface area (Å²) in [6.45, 7) is 3.06. The lowest BCUT2D eigenvalue weighted by Gasteiger charge is -2.26. The van der Waals surface area contributed by atoms with E-state index in [0.29, 0.717) is 37.6 Å². The van der Waals surface area contributed by atoms with Gasteiger partial charge in [0.15, 0.2) is 0 Å². The molecule has 1 N–H and O–H groups in total. The van der Waals surface area contributed by atoms with E-state index < -0.39 is 10.0 Å². The zero-order valence-electron chi connectivity index (χ0n) is 17.5. The van der Waals surface area contributed by atoms with E-state index in [2.05, 4.69) is 5.32 Å². The van der Waals surface area contributed by atoms with Crippen LogP contribution in [-0.2, 0) is 14.8 Å². The maximum absolute atomic E-state index is 13.1. The van der Waals surface area contributed by atoms with Crippen LogP contribution in [0.25, 0.3) is 21.9 Å². The van der Waals surface area contributed by atoms with E-state index in [-0.39, 0.29) is 16.4 Å². The van der Waals surface area contributed by atoms with Gasteiger partial charge < -0.3 is 14.5 Å². The van der Waals surface area contributed by atoms with Crippen LogP contribution < -0.4 is 5.32 Å². The van der Waals surface area contributed by atoms with Crippen molar-refractivity contribution in [3.63, 3.8) is 0 Å². The van der Waals surface area contributed by atoms with Gasteiger partial charge in [-0.15, -0.1) is 0 Å². The lowest BCUT2D eigenvalue weighted by atomic mass is 10.1. The number of hydrogen-bond donors (Lipinski definition) is 1. The molecule has 7 nitrogen and oxygen atoms in total. The highest BCUT2D eigenvalue weighted by atomic mass is 32.2. The van der Waals surface area contributed by atoms with E-state index in [1.165, 1.54) is 10.4 Å². The van der Waals surface area contributed by atoms with Crippen LogP contribution >= 0.6 is 0 Å². The zero-order valence-corrected chi connectivity index (χ0v) is 18.3. The monoisotopic (exact) mass is 450 g/mol. The van der Waals surface area contributed by atoms with E-state index in [0.717, 1.165) is 21.9 Å². The highest BCUT2D eigenvalue weighted by Crippen LogP contribution is 2.31. The summed E-state index contributed by atoms with van der Waals surface area (Å²) in [5, 5.41) is 4.74. The molecular weight excluding hydrogens is 428 g/mol. The summed E-state index contributed by atoms with van der Waals surface area (Å²) in [6.07, 6.45) is 0. The summed E-state index contributed by atoms with van der Waals surface area (Å²) < 4.78 is 38.7. The first kappa shape index (κ1) is 20.7. The maximum Gasteiger partial charge on any atom is 0.255 e.